The molecule has 0 spiro atoms. The largest absolute Gasteiger partial charge is 0.497 e. The topological polar surface area (TPSA) is 123 Å². The van der Waals surface area contributed by atoms with Gasteiger partial charge in [0.05, 0.1) is 37.1 Å². The minimum Gasteiger partial charge on any atom is -0.497 e. The molecule has 0 saturated carbocycles. The molecule has 0 radical (unpaired) electrons. The van der Waals surface area contributed by atoms with Crippen LogP contribution in [0, 0.1) is 11.3 Å². The Hall–Kier alpha value is -4.56. The highest BCUT2D eigenvalue weighted by molar-refractivity contribution is 5.73. The maximum absolute atomic E-state index is 13.5. The number of nitriles is 1. The van der Waals surface area contributed by atoms with Gasteiger partial charge in [-0.3, -0.25) is 0 Å². The zero-order valence-corrected chi connectivity index (χ0v) is 21.6. The van der Waals surface area contributed by atoms with Crippen molar-refractivity contribution in [3.63, 3.8) is 0 Å². The second-order valence-electron chi connectivity index (χ2n) is 7.96. The lowest BCUT2D eigenvalue weighted by Crippen LogP contribution is -2.47. The second kappa shape index (κ2) is 14.4. The number of carbonyl (C=O) groups is 2. The van der Waals surface area contributed by atoms with Crippen LogP contribution in [0.15, 0.2) is 36.4 Å². The molecule has 0 bridgehead atoms. The van der Waals surface area contributed by atoms with Crippen LogP contribution in [0.2, 0.25) is 0 Å². The molecule has 2 aromatic rings. The molecule has 1 aliphatic heterocycles. The number of piperazine rings is 1. The van der Waals surface area contributed by atoms with Crippen LogP contribution in [0.4, 0.5) is 50.9 Å². The summed E-state index contributed by atoms with van der Waals surface area (Å²) in [7, 11) is 3.14. The monoisotopic (exact) mass is 619 g/mol. The van der Waals surface area contributed by atoms with Crippen LogP contribution in [-0.2, 0) is 15.8 Å². The lowest BCUT2D eigenvalue weighted by Gasteiger charge is -2.38. The molecule has 9 nitrogen and oxygen atoms in total. The summed E-state index contributed by atoms with van der Waals surface area (Å²) in [6.45, 7) is 1.92. The number of hydrogen-bond acceptors (Lipinski definition) is 7. The molecule has 0 amide bonds. The Morgan fingerprint density at radius 1 is 0.762 bits per heavy atom. The third-order valence-electron chi connectivity index (χ3n) is 5.26. The van der Waals surface area contributed by atoms with Crippen molar-refractivity contribution in [1.29, 1.82) is 5.26 Å². The fourth-order valence-corrected chi connectivity index (χ4v) is 3.34. The molecule has 1 heterocycles. The Bertz CT molecular complexity index is 1240. The molecule has 2 aromatic carbocycles. The van der Waals surface area contributed by atoms with Gasteiger partial charge in [0.2, 0.25) is 0 Å². The van der Waals surface area contributed by atoms with E-state index < -0.39 is 36.0 Å². The van der Waals surface area contributed by atoms with Gasteiger partial charge in [-0.2, -0.15) is 44.8 Å². The van der Waals surface area contributed by atoms with Crippen LogP contribution in [0.3, 0.4) is 0 Å². The van der Waals surface area contributed by atoms with Gasteiger partial charge in [0.25, 0.3) is 0 Å². The van der Waals surface area contributed by atoms with Gasteiger partial charge in [-0.1, -0.05) is 0 Å². The number of hydrogen-bond donors (Lipinski definition) is 2. The molecule has 42 heavy (non-hydrogen) atoms. The first kappa shape index (κ1) is 35.5. The number of halogens is 9. The van der Waals surface area contributed by atoms with Crippen LogP contribution >= 0.6 is 0 Å². The van der Waals surface area contributed by atoms with E-state index in [1.54, 1.807) is 31.3 Å². The van der Waals surface area contributed by atoms with Crippen molar-refractivity contribution in [3.05, 3.63) is 47.5 Å². The average molecular weight is 619 g/mol. The Morgan fingerprint density at radius 3 is 1.55 bits per heavy atom. The van der Waals surface area contributed by atoms with E-state index in [0.717, 1.165) is 11.8 Å². The second-order valence-corrected chi connectivity index (χ2v) is 7.96. The minimum absolute atomic E-state index is 0.00215. The molecule has 0 unspecified atom stereocenters. The van der Waals surface area contributed by atoms with E-state index in [1.165, 1.54) is 12.1 Å². The molecule has 1 fully saturated rings. The van der Waals surface area contributed by atoms with Crippen LogP contribution < -0.4 is 19.3 Å². The Balaban J connectivity index is 0.000000522. The van der Waals surface area contributed by atoms with Gasteiger partial charge < -0.3 is 29.5 Å². The fourth-order valence-electron chi connectivity index (χ4n) is 3.34. The Kier molecular flexibility index (Phi) is 12.1. The molecule has 0 aromatic heterocycles. The molecule has 18 heteroatoms. The summed E-state index contributed by atoms with van der Waals surface area (Å²) in [5.74, 6) is -4.19. The van der Waals surface area contributed by atoms with Gasteiger partial charge >= 0.3 is 30.5 Å². The summed E-state index contributed by atoms with van der Waals surface area (Å²) in [5, 5.41) is 23.2. The highest BCUT2D eigenvalue weighted by Crippen LogP contribution is 2.38. The zero-order valence-electron chi connectivity index (χ0n) is 21.6. The summed E-state index contributed by atoms with van der Waals surface area (Å²) in [6, 6.07) is 11.0. The summed E-state index contributed by atoms with van der Waals surface area (Å²) in [4.78, 5) is 21.6. The van der Waals surface area contributed by atoms with E-state index in [9.17, 15) is 39.5 Å². The maximum Gasteiger partial charge on any atom is 0.490 e. The van der Waals surface area contributed by atoms with Crippen molar-refractivity contribution in [2.45, 2.75) is 18.5 Å². The Labute approximate surface area is 231 Å². The molecular formula is C24H22F9N3O6. The molecule has 1 saturated heterocycles. The van der Waals surface area contributed by atoms with Crippen molar-refractivity contribution in [1.82, 2.24) is 0 Å². The molecule has 232 valence electrons. The van der Waals surface area contributed by atoms with E-state index in [4.69, 9.17) is 34.5 Å². The van der Waals surface area contributed by atoms with Crippen molar-refractivity contribution < 1.29 is 68.8 Å². The highest BCUT2D eigenvalue weighted by Gasteiger charge is 2.39. The standard InChI is InChI=1S/C20H20F3N3O2.2C2HF3O2/c1-27-15-4-6-18(19(12-15)28-2)26-9-7-25(8-10-26)17-5-3-14(13-24)11-16(17)20(21,22)23;2*3-2(4,5)1(6)7/h3-6,11-12H,7-10H2,1-2H3;2*(H,6,7). The number of methoxy groups -OCH3 is 2. The Morgan fingerprint density at radius 2 is 1.19 bits per heavy atom. The predicted octanol–water partition coefficient (Wildman–Crippen LogP) is 5.19. The molecule has 0 aliphatic carbocycles. The number of rotatable bonds is 4. The first-order valence-electron chi connectivity index (χ1n) is 11.2. The summed E-state index contributed by atoms with van der Waals surface area (Å²) in [5.41, 5.74) is 0.200. The smallest absolute Gasteiger partial charge is 0.490 e. The number of carboxylic acids is 2. The van der Waals surface area contributed by atoms with E-state index in [0.29, 0.717) is 37.7 Å². The minimum atomic E-state index is -5.08. The van der Waals surface area contributed by atoms with Crippen molar-refractivity contribution in [2.24, 2.45) is 0 Å². The van der Waals surface area contributed by atoms with Gasteiger partial charge in [0.15, 0.2) is 0 Å². The predicted molar refractivity (Wildman–Crippen MR) is 128 cm³/mol. The summed E-state index contributed by atoms with van der Waals surface area (Å²) in [6.07, 6.45) is -14.7. The van der Waals surface area contributed by atoms with Crippen LogP contribution in [0.5, 0.6) is 11.5 Å². The van der Waals surface area contributed by atoms with Gasteiger partial charge in [-0.25, -0.2) is 9.59 Å². The SMILES string of the molecule is COc1ccc(N2CCN(c3ccc(C#N)cc3C(F)(F)F)CC2)c(OC)c1.O=C(O)C(F)(F)F.O=C(O)C(F)(F)F. The lowest BCUT2D eigenvalue weighted by molar-refractivity contribution is -0.193. The molecule has 0 atom stereocenters. The number of aliphatic carboxylic acids is 2. The molecule has 2 N–H and O–H groups in total. The van der Waals surface area contributed by atoms with Crippen LogP contribution in [0.1, 0.15) is 11.1 Å². The van der Waals surface area contributed by atoms with Crippen molar-refractivity contribution >= 4 is 23.3 Å². The quantitative estimate of drug-likeness (QED) is 0.446. The van der Waals surface area contributed by atoms with E-state index >= 15 is 0 Å². The molecule has 3 rings (SSSR count). The van der Waals surface area contributed by atoms with Gasteiger partial charge in [0.1, 0.15) is 11.5 Å². The molecule has 1 aliphatic rings. The number of anilines is 2. The lowest BCUT2D eigenvalue weighted by atomic mass is 10.1. The van der Waals surface area contributed by atoms with Crippen molar-refractivity contribution in [2.75, 3.05) is 50.2 Å². The maximum atomic E-state index is 13.5. The third kappa shape index (κ3) is 10.4. The van der Waals surface area contributed by atoms with Crippen molar-refractivity contribution in [3.8, 4) is 17.6 Å². The van der Waals surface area contributed by atoms with E-state index in [-0.39, 0.29) is 11.3 Å². The van der Waals surface area contributed by atoms with Gasteiger partial charge in [0, 0.05) is 37.9 Å². The first-order chi connectivity index (χ1) is 19.3. The molecular weight excluding hydrogens is 597 g/mol. The highest BCUT2D eigenvalue weighted by atomic mass is 19.4. The summed E-state index contributed by atoms with van der Waals surface area (Å²) >= 11 is 0. The number of ether oxygens (including phenoxy) is 2. The van der Waals surface area contributed by atoms with Gasteiger partial charge in [-0.15, -0.1) is 0 Å². The normalized spacial score (nSPS) is 13.5. The number of carboxylic acid groups (broad SMARTS) is 2. The number of benzene rings is 2. The van der Waals surface area contributed by atoms with Crippen LogP contribution in [0.25, 0.3) is 0 Å². The average Bonchev–Trinajstić information content (AvgIpc) is 2.91. The van der Waals surface area contributed by atoms with E-state index in [2.05, 4.69) is 4.90 Å². The first-order valence-corrected chi connectivity index (χ1v) is 11.2. The summed E-state index contributed by atoms with van der Waals surface area (Å²) < 4.78 is 114. The fraction of sp³-hybridized carbons (Fsp3) is 0.375. The van der Waals surface area contributed by atoms with E-state index in [1.807, 2.05) is 12.1 Å². The zero-order chi connectivity index (χ0) is 32.5. The van der Waals surface area contributed by atoms with Gasteiger partial charge in [-0.05, 0) is 30.3 Å². The third-order valence-corrected chi connectivity index (χ3v) is 5.26. The number of nitrogens with zero attached hydrogens (tertiary/aromatic N) is 3. The van der Waals surface area contributed by atoms with Crippen LogP contribution in [-0.4, -0.2) is 74.9 Å². The number of alkyl halides is 9.